The molecule has 1 N–H and O–H groups in total. The highest BCUT2D eigenvalue weighted by Crippen LogP contribution is 2.15. The Balaban J connectivity index is 2.02. The number of carbonyl (C=O) groups is 1. The van der Waals surface area contributed by atoms with Crippen LogP contribution in [-0.4, -0.2) is 22.0 Å². The van der Waals surface area contributed by atoms with Crippen LogP contribution in [0.25, 0.3) is 0 Å². The number of pyridine rings is 2. The van der Waals surface area contributed by atoms with E-state index in [1.807, 2.05) is 26.0 Å². The fourth-order valence-electron chi connectivity index (χ4n) is 1.68. The summed E-state index contributed by atoms with van der Waals surface area (Å²) >= 11 is 3.24. The second-order valence-electron chi connectivity index (χ2n) is 4.69. The molecule has 0 aliphatic rings. The number of nitrogens with one attached hydrogen (secondary N) is 1. The molecule has 5 nitrogen and oxygen atoms in total. The maximum absolute atomic E-state index is 12.0. The van der Waals surface area contributed by atoms with Crippen LogP contribution in [0, 0.1) is 0 Å². The maximum atomic E-state index is 12.0. The lowest BCUT2D eigenvalue weighted by Crippen LogP contribution is -2.23. The van der Waals surface area contributed by atoms with Gasteiger partial charge in [0, 0.05) is 24.5 Å². The number of hydrogen-bond acceptors (Lipinski definition) is 4. The molecule has 0 saturated carbocycles. The normalized spacial score (nSPS) is 10.5. The molecule has 2 heterocycles. The monoisotopic (exact) mass is 349 g/mol. The van der Waals surface area contributed by atoms with Crippen molar-refractivity contribution in [1.82, 2.24) is 15.3 Å². The van der Waals surface area contributed by atoms with Gasteiger partial charge in [-0.05, 0) is 48.0 Å². The molecule has 21 heavy (non-hydrogen) atoms. The molecule has 6 heteroatoms. The first-order valence-corrected chi connectivity index (χ1v) is 7.36. The molecule has 0 radical (unpaired) electrons. The Morgan fingerprint density at radius 1 is 1.33 bits per heavy atom. The minimum Gasteiger partial charge on any atom is -0.475 e. The first kappa shape index (κ1) is 15.4. The molecule has 0 aliphatic heterocycles. The molecule has 2 rings (SSSR count). The number of rotatable bonds is 5. The van der Waals surface area contributed by atoms with Crippen LogP contribution in [0.15, 0.2) is 41.3 Å². The molecule has 0 bridgehead atoms. The predicted molar refractivity (Wildman–Crippen MR) is 83.1 cm³/mol. The summed E-state index contributed by atoms with van der Waals surface area (Å²) in [5.41, 5.74) is 1.35. The van der Waals surface area contributed by atoms with Crippen molar-refractivity contribution in [3.63, 3.8) is 0 Å². The SMILES string of the molecule is CC(C)Oc1ncccc1CNC(=O)c1ccc(Br)nc1. The van der Waals surface area contributed by atoms with Gasteiger partial charge in [-0.3, -0.25) is 4.79 Å². The first-order chi connectivity index (χ1) is 10.1. The van der Waals surface area contributed by atoms with Crippen LogP contribution in [0.5, 0.6) is 5.88 Å². The highest BCUT2D eigenvalue weighted by molar-refractivity contribution is 9.10. The van der Waals surface area contributed by atoms with E-state index in [0.717, 1.165) is 5.56 Å². The molecule has 2 aromatic rings. The number of carbonyl (C=O) groups excluding carboxylic acids is 1. The van der Waals surface area contributed by atoms with E-state index in [0.29, 0.717) is 22.6 Å². The number of amides is 1. The Labute approximate surface area is 131 Å². The molecular formula is C15H16BrN3O2. The molecule has 1 amide bonds. The van der Waals surface area contributed by atoms with Crippen molar-refractivity contribution in [3.05, 3.63) is 52.4 Å². The van der Waals surface area contributed by atoms with E-state index in [9.17, 15) is 4.79 Å². The van der Waals surface area contributed by atoms with Gasteiger partial charge in [0.1, 0.15) is 4.60 Å². The fraction of sp³-hybridized carbons (Fsp3) is 0.267. The van der Waals surface area contributed by atoms with E-state index in [4.69, 9.17) is 4.74 Å². The third-order valence-corrected chi connectivity index (χ3v) is 3.10. The number of ether oxygens (including phenoxy) is 1. The van der Waals surface area contributed by atoms with Crippen molar-refractivity contribution in [2.45, 2.75) is 26.5 Å². The number of hydrogen-bond donors (Lipinski definition) is 1. The van der Waals surface area contributed by atoms with E-state index in [1.165, 1.54) is 6.20 Å². The average Bonchev–Trinajstić information content (AvgIpc) is 2.46. The van der Waals surface area contributed by atoms with E-state index < -0.39 is 0 Å². The summed E-state index contributed by atoms with van der Waals surface area (Å²) in [7, 11) is 0. The minimum atomic E-state index is -0.186. The van der Waals surface area contributed by atoms with Crippen molar-refractivity contribution in [3.8, 4) is 5.88 Å². The fourth-order valence-corrected chi connectivity index (χ4v) is 1.91. The Hall–Kier alpha value is -1.95. The lowest BCUT2D eigenvalue weighted by atomic mass is 10.2. The topological polar surface area (TPSA) is 64.1 Å². The van der Waals surface area contributed by atoms with Crippen LogP contribution in [-0.2, 0) is 6.54 Å². The molecule has 0 aliphatic carbocycles. The summed E-state index contributed by atoms with van der Waals surface area (Å²) in [6.07, 6.45) is 3.22. The zero-order valence-corrected chi connectivity index (χ0v) is 13.4. The first-order valence-electron chi connectivity index (χ1n) is 6.56. The summed E-state index contributed by atoms with van der Waals surface area (Å²) in [4.78, 5) is 20.3. The Morgan fingerprint density at radius 3 is 2.81 bits per heavy atom. The van der Waals surface area contributed by atoms with E-state index in [1.54, 1.807) is 18.3 Å². The second kappa shape index (κ2) is 7.17. The van der Waals surface area contributed by atoms with Gasteiger partial charge in [-0.15, -0.1) is 0 Å². The van der Waals surface area contributed by atoms with E-state index >= 15 is 0 Å². The molecule has 2 aromatic heterocycles. The van der Waals surface area contributed by atoms with Crippen LogP contribution in [0.1, 0.15) is 29.8 Å². The molecule has 0 unspecified atom stereocenters. The summed E-state index contributed by atoms with van der Waals surface area (Å²) in [5, 5.41) is 2.83. The third-order valence-electron chi connectivity index (χ3n) is 2.63. The summed E-state index contributed by atoms with van der Waals surface area (Å²) in [6, 6.07) is 7.13. The lowest BCUT2D eigenvalue weighted by molar-refractivity contribution is 0.0950. The average molecular weight is 350 g/mol. The predicted octanol–water partition coefficient (Wildman–Crippen LogP) is 2.96. The summed E-state index contributed by atoms with van der Waals surface area (Å²) in [5.74, 6) is 0.357. The van der Waals surface area contributed by atoms with Gasteiger partial charge in [0.15, 0.2) is 0 Å². The van der Waals surface area contributed by atoms with Gasteiger partial charge in [0.2, 0.25) is 5.88 Å². The molecule has 0 fully saturated rings. The van der Waals surface area contributed by atoms with Crippen LogP contribution in [0.3, 0.4) is 0 Å². The highest BCUT2D eigenvalue weighted by Gasteiger charge is 2.10. The van der Waals surface area contributed by atoms with Crippen LogP contribution in [0.4, 0.5) is 0 Å². The third kappa shape index (κ3) is 4.53. The van der Waals surface area contributed by atoms with Gasteiger partial charge in [0.05, 0.1) is 11.7 Å². The summed E-state index contributed by atoms with van der Waals surface area (Å²) < 4.78 is 6.31. The van der Waals surface area contributed by atoms with Gasteiger partial charge < -0.3 is 10.1 Å². The zero-order valence-electron chi connectivity index (χ0n) is 11.8. The van der Waals surface area contributed by atoms with E-state index in [-0.39, 0.29) is 12.0 Å². The lowest BCUT2D eigenvalue weighted by Gasteiger charge is -2.13. The zero-order chi connectivity index (χ0) is 15.2. The number of nitrogens with zero attached hydrogens (tertiary/aromatic N) is 2. The molecule has 0 aromatic carbocycles. The van der Waals surface area contributed by atoms with Gasteiger partial charge in [-0.25, -0.2) is 9.97 Å². The van der Waals surface area contributed by atoms with Crippen molar-refractivity contribution in [2.24, 2.45) is 0 Å². The molecule has 0 spiro atoms. The van der Waals surface area contributed by atoms with Gasteiger partial charge in [-0.2, -0.15) is 0 Å². The molecule has 0 atom stereocenters. The van der Waals surface area contributed by atoms with Crippen molar-refractivity contribution < 1.29 is 9.53 Å². The Bertz CT molecular complexity index is 615. The number of aromatic nitrogens is 2. The largest absolute Gasteiger partial charge is 0.475 e. The standard InChI is InChI=1S/C15H16BrN3O2/c1-10(2)21-15-12(4-3-7-17-15)9-19-14(20)11-5-6-13(16)18-8-11/h3-8,10H,9H2,1-2H3,(H,19,20). The number of halogens is 1. The molecule has 0 saturated heterocycles. The minimum absolute atomic E-state index is 0.0324. The van der Waals surface area contributed by atoms with Crippen molar-refractivity contribution in [1.29, 1.82) is 0 Å². The maximum Gasteiger partial charge on any atom is 0.253 e. The Morgan fingerprint density at radius 2 is 2.14 bits per heavy atom. The highest BCUT2D eigenvalue weighted by atomic mass is 79.9. The van der Waals surface area contributed by atoms with Gasteiger partial charge in [-0.1, -0.05) is 6.07 Å². The van der Waals surface area contributed by atoms with Crippen molar-refractivity contribution >= 4 is 21.8 Å². The van der Waals surface area contributed by atoms with Crippen LogP contribution >= 0.6 is 15.9 Å². The Kier molecular flexibility index (Phi) is 5.27. The molecular weight excluding hydrogens is 334 g/mol. The van der Waals surface area contributed by atoms with Gasteiger partial charge in [0.25, 0.3) is 5.91 Å². The second-order valence-corrected chi connectivity index (χ2v) is 5.50. The quantitative estimate of drug-likeness (QED) is 0.842. The van der Waals surface area contributed by atoms with Crippen LogP contribution in [0.2, 0.25) is 0 Å². The summed E-state index contributed by atoms with van der Waals surface area (Å²) in [6.45, 7) is 4.22. The smallest absolute Gasteiger partial charge is 0.253 e. The van der Waals surface area contributed by atoms with Crippen LogP contribution < -0.4 is 10.1 Å². The molecule has 110 valence electrons. The van der Waals surface area contributed by atoms with E-state index in [2.05, 4.69) is 31.2 Å². The van der Waals surface area contributed by atoms with Crippen molar-refractivity contribution in [2.75, 3.05) is 0 Å². The van der Waals surface area contributed by atoms with Gasteiger partial charge >= 0.3 is 0 Å².